The van der Waals surface area contributed by atoms with Crippen LogP contribution >= 0.6 is 23.4 Å². The number of benzene rings is 2. The molecule has 1 aliphatic heterocycles. The van der Waals surface area contributed by atoms with E-state index in [1.807, 2.05) is 61.2 Å². The number of pyridine rings is 1. The van der Waals surface area contributed by atoms with Crippen molar-refractivity contribution in [3.8, 4) is 5.69 Å². The summed E-state index contributed by atoms with van der Waals surface area (Å²) < 4.78 is 1.67. The number of nitrogens with one attached hydrogen (secondary N) is 1. The number of carbonyl (C=O) groups is 1. The molecular weight excluding hydrogens is 444 g/mol. The minimum atomic E-state index is -0.328. The molecule has 0 radical (unpaired) electrons. The van der Waals surface area contributed by atoms with Crippen molar-refractivity contribution in [3.05, 3.63) is 71.1 Å². The number of halogens is 1. The van der Waals surface area contributed by atoms with Gasteiger partial charge in [0.05, 0.1) is 27.6 Å². The number of amides is 1. The van der Waals surface area contributed by atoms with Crippen molar-refractivity contribution in [3.63, 3.8) is 0 Å². The number of carbonyl (C=O) groups excluding carboxylic acids is 1. The Labute approximate surface area is 194 Å². The van der Waals surface area contributed by atoms with Gasteiger partial charge in [-0.25, -0.2) is 4.68 Å². The quantitative estimate of drug-likeness (QED) is 0.476. The van der Waals surface area contributed by atoms with Gasteiger partial charge in [0.25, 0.3) is 5.91 Å². The predicted molar refractivity (Wildman–Crippen MR) is 130 cm³/mol. The average Bonchev–Trinajstić information content (AvgIpc) is 3.20. The summed E-state index contributed by atoms with van der Waals surface area (Å²) in [5, 5.41) is 12.8. The number of rotatable bonds is 4. The molecule has 2 aromatic carbocycles. The molecule has 1 fully saturated rings. The summed E-state index contributed by atoms with van der Waals surface area (Å²) in [6.07, 6.45) is 1.75. The molecule has 32 heavy (non-hydrogen) atoms. The minimum Gasteiger partial charge on any atom is -0.369 e. The van der Waals surface area contributed by atoms with Gasteiger partial charge in [-0.15, -0.1) is 5.10 Å². The van der Waals surface area contributed by atoms with Gasteiger partial charge in [0.2, 0.25) is 0 Å². The van der Waals surface area contributed by atoms with E-state index in [0.717, 1.165) is 46.9 Å². The monoisotopic (exact) mass is 464 g/mol. The summed E-state index contributed by atoms with van der Waals surface area (Å²) in [6, 6.07) is 15.3. The number of aromatic nitrogens is 4. The highest BCUT2D eigenvalue weighted by atomic mass is 35.5. The first-order chi connectivity index (χ1) is 15.6. The minimum absolute atomic E-state index is 0.263. The van der Waals surface area contributed by atoms with Crippen molar-refractivity contribution < 1.29 is 4.79 Å². The third-order valence-electron chi connectivity index (χ3n) is 5.52. The number of fused-ring (bicyclic) bond motifs is 1. The Bertz CT molecular complexity index is 1300. The molecule has 7 nitrogen and oxygen atoms in total. The Morgan fingerprint density at radius 2 is 1.94 bits per heavy atom. The lowest BCUT2D eigenvalue weighted by molar-refractivity contribution is 0.102. The maximum atomic E-state index is 12.9. The second-order valence-electron chi connectivity index (χ2n) is 7.50. The highest BCUT2D eigenvalue weighted by molar-refractivity contribution is 7.99. The largest absolute Gasteiger partial charge is 0.369 e. The highest BCUT2D eigenvalue weighted by Gasteiger charge is 2.20. The molecule has 5 rings (SSSR count). The van der Waals surface area contributed by atoms with Crippen LogP contribution in [0.2, 0.25) is 5.02 Å². The standard InChI is InChI=1S/C23H21ClN6OS/c1-15-22(27-28-30(15)20-6-2-5-19-17(20)4-3-9-25-19)23(31)26-16-7-8-21(18(24)14-16)29-10-12-32-13-11-29/h2-9,14H,10-13H2,1H3,(H,26,31). The Morgan fingerprint density at radius 1 is 1.09 bits per heavy atom. The van der Waals surface area contributed by atoms with E-state index in [1.54, 1.807) is 16.9 Å². The van der Waals surface area contributed by atoms with Crippen LogP contribution in [0.25, 0.3) is 16.6 Å². The molecule has 1 amide bonds. The van der Waals surface area contributed by atoms with Crippen LogP contribution in [-0.4, -0.2) is 50.5 Å². The van der Waals surface area contributed by atoms with Gasteiger partial charge < -0.3 is 10.2 Å². The fraction of sp³-hybridized carbons (Fsp3) is 0.217. The third kappa shape index (κ3) is 3.91. The number of hydrogen-bond donors (Lipinski definition) is 1. The van der Waals surface area contributed by atoms with Crippen molar-refractivity contribution in [1.29, 1.82) is 0 Å². The van der Waals surface area contributed by atoms with Gasteiger partial charge in [-0.3, -0.25) is 9.78 Å². The van der Waals surface area contributed by atoms with Crippen LogP contribution < -0.4 is 10.2 Å². The van der Waals surface area contributed by atoms with E-state index in [-0.39, 0.29) is 11.6 Å². The van der Waals surface area contributed by atoms with Gasteiger partial charge >= 0.3 is 0 Å². The summed E-state index contributed by atoms with van der Waals surface area (Å²) in [5.41, 5.74) is 4.21. The van der Waals surface area contributed by atoms with Crippen LogP contribution in [0.4, 0.5) is 11.4 Å². The fourth-order valence-electron chi connectivity index (χ4n) is 3.88. The topological polar surface area (TPSA) is 75.9 Å². The van der Waals surface area contributed by atoms with Gasteiger partial charge in [-0.2, -0.15) is 11.8 Å². The van der Waals surface area contributed by atoms with E-state index in [4.69, 9.17) is 11.6 Å². The zero-order valence-corrected chi connectivity index (χ0v) is 19.0. The Balaban J connectivity index is 1.39. The number of hydrogen-bond acceptors (Lipinski definition) is 6. The maximum absolute atomic E-state index is 12.9. The lowest BCUT2D eigenvalue weighted by Gasteiger charge is -2.29. The van der Waals surface area contributed by atoms with Crippen molar-refractivity contribution in [2.45, 2.75) is 6.92 Å². The van der Waals surface area contributed by atoms with Crippen LogP contribution in [0.1, 0.15) is 16.2 Å². The zero-order chi connectivity index (χ0) is 22.1. The lowest BCUT2D eigenvalue weighted by Crippen LogP contribution is -2.32. The first-order valence-corrected chi connectivity index (χ1v) is 11.8. The fourth-order valence-corrected chi connectivity index (χ4v) is 5.08. The molecule has 162 valence electrons. The normalized spacial score (nSPS) is 14.0. The molecule has 1 saturated heterocycles. The van der Waals surface area contributed by atoms with E-state index in [0.29, 0.717) is 16.4 Å². The summed E-state index contributed by atoms with van der Waals surface area (Å²) in [6.45, 7) is 3.78. The van der Waals surface area contributed by atoms with Crippen molar-refractivity contribution >= 4 is 51.5 Å². The molecule has 0 aliphatic carbocycles. The van der Waals surface area contributed by atoms with Gasteiger partial charge in [-0.1, -0.05) is 22.9 Å². The molecule has 1 N–H and O–H groups in total. The van der Waals surface area contributed by atoms with Crippen LogP contribution in [0.15, 0.2) is 54.7 Å². The number of anilines is 2. The summed E-state index contributed by atoms with van der Waals surface area (Å²) in [4.78, 5) is 19.6. The van der Waals surface area contributed by atoms with Crippen molar-refractivity contribution in [1.82, 2.24) is 20.0 Å². The second kappa shape index (κ2) is 8.80. The van der Waals surface area contributed by atoms with E-state index in [9.17, 15) is 4.79 Å². The molecule has 0 saturated carbocycles. The van der Waals surface area contributed by atoms with Crippen LogP contribution in [0.3, 0.4) is 0 Å². The first kappa shape index (κ1) is 20.8. The third-order valence-corrected chi connectivity index (χ3v) is 6.76. The summed E-state index contributed by atoms with van der Waals surface area (Å²) >= 11 is 8.48. The molecular formula is C23H21ClN6OS. The van der Waals surface area contributed by atoms with E-state index in [2.05, 4.69) is 25.5 Å². The molecule has 4 aromatic rings. The molecule has 1 aliphatic rings. The SMILES string of the molecule is Cc1c(C(=O)Nc2ccc(N3CCSCC3)c(Cl)c2)nnn1-c1cccc2ncccc12. The molecule has 0 atom stereocenters. The lowest BCUT2D eigenvalue weighted by atomic mass is 10.2. The van der Waals surface area contributed by atoms with E-state index < -0.39 is 0 Å². The van der Waals surface area contributed by atoms with Gasteiger partial charge in [0.1, 0.15) is 0 Å². The Hall–Kier alpha value is -3.10. The average molecular weight is 465 g/mol. The van der Waals surface area contributed by atoms with Crippen LogP contribution in [0.5, 0.6) is 0 Å². The van der Waals surface area contributed by atoms with E-state index >= 15 is 0 Å². The maximum Gasteiger partial charge on any atom is 0.278 e. The molecule has 0 bridgehead atoms. The van der Waals surface area contributed by atoms with Crippen molar-refractivity contribution in [2.24, 2.45) is 0 Å². The van der Waals surface area contributed by atoms with Gasteiger partial charge in [0.15, 0.2) is 5.69 Å². The number of nitrogens with zero attached hydrogens (tertiary/aromatic N) is 5. The second-order valence-corrected chi connectivity index (χ2v) is 9.13. The molecule has 2 aromatic heterocycles. The van der Waals surface area contributed by atoms with Gasteiger partial charge in [-0.05, 0) is 49.4 Å². The Kier molecular flexibility index (Phi) is 5.71. The number of thioether (sulfide) groups is 1. The van der Waals surface area contributed by atoms with Crippen molar-refractivity contribution in [2.75, 3.05) is 34.8 Å². The van der Waals surface area contributed by atoms with Gasteiger partial charge in [0, 0.05) is 41.9 Å². The first-order valence-electron chi connectivity index (χ1n) is 10.3. The molecule has 3 heterocycles. The molecule has 0 unspecified atom stereocenters. The predicted octanol–water partition coefficient (Wildman–Crippen LogP) is 4.58. The molecule has 9 heteroatoms. The Morgan fingerprint density at radius 3 is 2.75 bits per heavy atom. The molecule has 0 spiro atoms. The van der Waals surface area contributed by atoms with E-state index in [1.165, 1.54) is 0 Å². The zero-order valence-electron chi connectivity index (χ0n) is 17.5. The summed E-state index contributed by atoms with van der Waals surface area (Å²) in [7, 11) is 0. The summed E-state index contributed by atoms with van der Waals surface area (Å²) in [5.74, 6) is 1.86. The van der Waals surface area contributed by atoms with Crippen LogP contribution in [-0.2, 0) is 0 Å². The smallest absolute Gasteiger partial charge is 0.278 e. The van der Waals surface area contributed by atoms with Crippen LogP contribution in [0, 0.1) is 6.92 Å². The highest BCUT2D eigenvalue weighted by Crippen LogP contribution is 2.31.